The third-order valence-corrected chi connectivity index (χ3v) is 2.80. The van der Waals surface area contributed by atoms with Crippen LogP contribution in [0.1, 0.15) is 17.3 Å². The Balaban J connectivity index is 2.29. The molecule has 2 aromatic rings. The summed E-state index contributed by atoms with van der Waals surface area (Å²) in [5, 5.41) is 3.35. The monoisotopic (exact) mass is 258 g/mol. The van der Waals surface area contributed by atoms with Gasteiger partial charge < -0.3 is 10.1 Å². The van der Waals surface area contributed by atoms with Crippen molar-refractivity contribution in [2.24, 2.45) is 0 Å². The van der Waals surface area contributed by atoms with Gasteiger partial charge in [-0.05, 0) is 19.1 Å². The highest BCUT2D eigenvalue weighted by molar-refractivity contribution is 6.06. The second kappa shape index (κ2) is 5.48. The first-order valence-corrected chi connectivity index (χ1v) is 5.86. The van der Waals surface area contributed by atoms with Crippen LogP contribution in [0, 0.1) is 0 Å². The summed E-state index contributed by atoms with van der Waals surface area (Å²) in [7, 11) is 1.28. The maximum absolute atomic E-state index is 12.1. The largest absolute Gasteiger partial charge is 0.467 e. The smallest absolute Gasteiger partial charge is 0.328 e. The molecule has 1 heterocycles. The first kappa shape index (κ1) is 13.0. The number of amides is 1. The van der Waals surface area contributed by atoms with Crippen molar-refractivity contribution in [2.75, 3.05) is 7.11 Å². The van der Waals surface area contributed by atoms with Gasteiger partial charge in [-0.1, -0.05) is 18.2 Å². The van der Waals surface area contributed by atoms with Crippen molar-refractivity contribution < 1.29 is 14.3 Å². The molecule has 0 fully saturated rings. The number of rotatable bonds is 3. The lowest BCUT2D eigenvalue weighted by Crippen LogP contribution is -2.39. The van der Waals surface area contributed by atoms with Crippen LogP contribution in [0.15, 0.2) is 36.5 Å². The Hall–Kier alpha value is -2.43. The molecule has 5 heteroatoms. The van der Waals surface area contributed by atoms with Gasteiger partial charge in [-0.3, -0.25) is 9.78 Å². The molecule has 0 radical (unpaired) electrons. The number of methoxy groups -OCH3 is 1. The molecule has 0 aliphatic rings. The highest BCUT2D eigenvalue weighted by atomic mass is 16.5. The molecule has 2 rings (SSSR count). The Morgan fingerprint density at radius 1 is 1.26 bits per heavy atom. The van der Waals surface area contributed by atoms with Crippen LogP contribution in [0.25, 0.3) is 10.9 Å². The highest BCUT2D eigenvalue weighted by Gasteiger charge is 2.18. The SMILES string of the molecule is COC(=O)[C@H](C)NC(=O)c1ccnc2ccccc12. The van der Waals surface area contributed by atoms with Gasteiger partial charge in [0.15, 0.2) is 0 Å². The number of hydrogen-bond acceptors (Lipinski definition) is 4. The predicted molar refractivity (Wildman–Crippen MR) is 70.7 cm³/mol. The minimum atomic E-state index is -0.690. The lowest BCUT2D eigenvalue weighted by Gasteiger charge is -2.12. The van der Waals surface area contributed by atoms with Crippen molar-refractivity contribution in [3.63, 3.8) is 0 Å². The lowest BCUT2D eigenvalue weighted by atomic mass is 10.1. The van der Waals surface area contributed by atoms with E-state index in [2.05, 4.69) is 15.0 Å². The number of para-hydroxylation sites is 1. The average Bonchev–Trinajstić information content (AvgIpc) is 2.45. The third kappa shape index (κ3) is 2.70. The molecule has 19 heavy (non-hydrogen) atoms. The normalized spacial score (nSPS) is 11.9. The number of esters is 1. The molecule has 1 aromatic heterocycles. The Morgan fingerprint density at radius 3 is 2.74 bits per heavy atom. The van der Waals surface area contributed by atoms with Crippen LogP contribution in [0.5, 0.6) is 0 Å². The lowest BCUT2D eigenvalue weighted by molar-refractivity contribution is -0.142. The molecule has 1 aromatic carbocycles. The summed E-state index contributed by atoms with van der Waals surface area (Å²) in [5.74, 6) is -0.803. The second-order valence-corrected chi connectivity index (χ2v) is 4.09. The fourth-order valence-electron chi connectivity index (χ4n) is 1.80. The number of fused-ring (bicyclic) bond motifs is 1. The summed E-state index contributed by atoms with van der Waals surface area (Å²) in [6.45, 7) is 1.58. The average molecular weight is 258 g/mol. The molecular weight excluding hydrogens is 244 g/mol. The Morgan fingerprint density at radius 2 is 2.00 bits per heavy atom. The Labute approximate surface area is 110 Å². The molecule has 1 amide bonds. The number of hydrogen-bond donors (Lipinski definition) is 1. The van der Waals surface area contributed by atoms with E-state index in [1.54, 1.807) is 19.2 Å². The van der Waals surface area contributed by atoms with Gasteiger partial charge in [-0.2, -0.15) is 0 Å². The van der Waals surface area contributed by atoms with Gasteiger partial charge in [-0.25, -0.2) is 4.79 Å². The van der Waals surface area contributed by atoms with Crippen LogP contribution in [-0.2, 0) is 9.53 Å². The van der Waals surface area contributed by atoms with Gasteiger partial charge >= 0.3 is 5.97 Å². The van der Waals surface area contributed by atoms with Crippen LogP contribution in [0.4, 0.5) is 0 Å². The molecule has 0 spiro atoms. The maximum atomic E-state index is 12.1. The number of pyridine rings is 1. The van der Waals surface area contributed by atoms with E-state index in [4.69, 9.17) is 0 Å². The van der Waals surface area contributed by atoms with Gasteiger partial charge in [0.2, 0.25) is 0 Å². The molecule has 0 bridgehead atoms. The molecule has 1 N–H and O–H groups in total. The van der Waals surface area contributed by atoms with E-state index in [0.29, 0.717) is 5.56 Å². The summed E-state index contributed by atoms with van der Waals surface area (Å²) in [5.41, 5.74) is 1.22. The van der Waals surface area contributed by atoms with Crippen LogP contribution >= 0.6 is 0 Å². The van der Waals surface area contributed by atoms with Crippen LogP contribution in [0.3, 0.4) is 0 Å². The van der Waals surface area contributed by atoms with Gasteiger partial charge in [-0.15, -0.1) is 0 Å². The van der Waals surface area contributed by atoms with Gasteiger partial charge in [0.25, 0.3) is 5.91 Å². The zero-order valence-corrected chi connectivity index (χ0v) is 10.7. The maximum Gasteiger partial charge on any atom is 0.328 e. The van der Waals surface area contributed by atoms with Gasteiger partial charge in [0.05, 0.1) is 18.2 Å². The number of carbonyl (C=O) groups is 2. The predicted octanol–water partition coefficient (Wildman–Crippen LogP) is 1.53. The number of benzene rings is 1. The molecule has 0 saturated carbocycles. The van der Waals surface area contributed by atoms with Crippen molar-refractivity contribution >= 4 is 22.8 Å². The van der Waals surface area contributed by atoms with E-state index in [-0.39, 0.29) is 5.91 Å². The number of carbonyl (C=O) groups excluding carboxylic acids is 2. The van der Waals surface area contributed by atoms with E-state index >= 15 is 0 Å². The fraction of sp³-hybridized carbons (Fsp3) is 0.214. The summed E-state index contributed by atoms with van der Waals surface area (Å²) in [4.78, 5) is 27.6. The summed E-state index contributed by atoms with van der Waals surface area (Å²) >= 11 is 0. The molecule has 0 unspecified atom stereocenters. The topological polar surface area (TPSA) is 68.3 Å². The number of nitrogens with one attached hydrogen (secondary N) is 1. The molecule has 1 atom stereocenters. The molecular formula is C14H14N2O3. The van der Waals surface area contributed by atoms with Crippen LogP contribution < -0.4 is 5.32 Å². The van der Waals surface area contributed by atoms with E-state index < -0.39 is 12.0 Å². The van der Waals surface area contributed by atoms with Crippen molar-refractivity contribution in [3.05, 3.63) is 42.1 Å². The fourth-order valence-corrected chi connectivity index (χ4v) is 1.80. The first-order chi connectivity index (χ1) is 9.13. The van der Waals surface area contributed by atoms with Crippen LogP contribution in [-0.4, -0.2) is 30.0 Å². The Kier molecular flexibility index (Phi) is 3.75. The van der Waals surface area contributed by atoms with Crippen LogP contribution in [0.2, 0.25) is 0 Å². The Bertz CT molecular complexity index is 620. The first-order valence-electron chi connectivity index (χ1n) is 5.86. The molecule has 5 nitrogen and oxygen atoms in total. The second-order valence-electron chi connectivity index (χ2n) is 4.09. The number of ether oxygens (including phenoxy) is 1. The molecule has 98 valence electrons. The van der Waals surface area contributed by atoms with Crippen molar-refractivity contribution in [2.45, 2.75) is 13.0 Å². The van der Waals surface area contributed by atoms with Gasteiger partial charge in [0.1, 0.15) is 6.04 Å². The van der Waals surface area contributed by atoms with E-state index in [9.17, 15) is 9.59 Å². The van der Waals surface area contributed by atoms with E-state index in [1.165, 1.54) is 7.11 Å². The van der Waals surface area contributed by atoms with Gasteiger partial charge in [0, 0.05) is 11.6 Å². The molecule has 0 aliphatic heterocycles. The molecule has 0 aliphatic carbocycles. The minimum absolute atomic E-state index is 0.323. The number of aromatic nitrogens is 1. The zero-order chi connectivity index (χ0) is 13.8. The number of nitrogens with zero attached hydrogens (tertiary/aromatic N) is 1. The van der Waals surface area contributed by atoms with Crippen molar-refractivity contribution in [1.82, 2.24) is 10.3 Å². The summed E-state index contributed by atoms with van der Waals surface area (Å²) < 4.78 is 4.57. The zero-order valence-electron chi connectivity index (χ0n) is 10.7. The van der Waals surface area contributed by atoms with E-state index in [0.717, 1.165) is 10.9 Å². The summed E-state index contributed by atoms with van der Waals surface area (Å²) in [6.07, 6.45) is 1.57. The highest BCUT2D eigenvalue weighted by Crippen LogP contribution is 2.16. The van der Waals surface area contributed by atoms with Crippen molar-refractivity contribution in [3.8, 4) is 0 Å². The molecule has 0 saturated heterocycles. The quantitative estimate of drug-likeness (QED) is 0.848. The standard InChI is InChI=1S/C14H14N2O3/c1-9(14(18)19-2)16-13(17)11-7-8-15-12-6-4-3-5-10(11)12/h3-9H,1-2H3,(H,16,17)/t9-/m0/s1. The third-order valence-electron chi connectivity index (χ3n) is 2.80. The minimum Gasteiger partial charge on any atom is -0.467 e. The van der Waals surface area contributed by atoms with E-state index in [1.807, 2.05) is 24.3 Å². The van der Waals surface area contributed by atoms with Crippen molar-refractivity contribution in [1.29, 1.82) is 0 Å². The summed E-state index contributed by atoms with van der Waals surface area (Å²) in [6, 6.07) is 8.28.